The number of hydrogen-bond acceptors (Lipinski definition) is 5. The topological polar surface area (TPSA) is 69.7 Å². The molecule has 0 aromatic heterocycles. The van der Waals surface area contributed by atoms with Crippen LogP contribution in [0.2, 0.25) is 0 Å². The zero-order valence-electron chi connectivity index (χ0n) is 13.6. The fourth-order valence-electron chi connectivity index (χ4n) is 2.06. The van der Waals surface area contributed by atoms with Crippen molar-refractivity contribution in [2.75, 3.05) is 20.5 Å². The van der Waals surface area contributed by atoms with Gasteiger partial charge in [0.2, 0.25) is 0 Å². The highest BCUT2D eigenvalue weighted by Gasteiger charge is 2.08. The summed E-state index contributed by atoms with van der Waals surface area (Å²) in [5.41, 5.74) is 1.17. The third-order valence-corrected chi connectivity index (χ3v) is 4.50. The zero-order chi connectivity index (χ0) is 17.7. The second-order valence-corrected chi connectivity index (χ2v) is 7.16. The molecule has 2 aromatic carbocycles. The molecule has 0 heterocycles. The maximum atomic E-state index is 12.2. The smallest absolute Gasteiger partial charge is 0.185 e. The minimum Gasteiger partial charge on any atom is -0.497 e. The number of ketones is 1. The van der Waals surface area contributed by atoms with Crippen LogP contribution in [0.15, 0.2) is 53.4 Å². The molecule has 5 nitrogen and oxygen atoms in total. The van der Waals surface area contributed by atoms with E-state index in [1.54, 1.807) is 38.5 Å². The number of methoxy groups -OCH3 is 2. The standard InChI is InChI=1S/C18H18O5S/c1-22-15-10-13(11-16(12-15)23-2)4-9-18(19)14-5-7-17(8-6-14)24(3,20)21/h4-12H,1-3H3/b9-4+. The summed E-state index contributed by atoms with van der Waals surface area (Å²) in [7, 11) is -0.168. The lowest BCUT2D eigenvalue weighted by molar-refractivity contribution is 0.104. The molecule has 0 bridgehead atoms. The van der Waals surface area contributed by atoms with Gasteiger partial charge in [0.05, 0.1) is 19.1 Å². The Balaban J connectivity index is 2.21. The minimum atomic E-state index is -3.27. The van der Waals surface area contributed by atoms with Crippen LogP contribution >= 0.6 is 0 Å². The van der Waals surface area contributed by atoms with Crippen molar-refractivity contribution in [3.05, 3.63) is 59.7 Å². The van der Waals surface area contributed by atoms with Crippen molar-refractivity contribution in [2.45, 2.75) is 4.90 Å². The molecule has 0 aliphatic heterocycles. The average Bonchev–Trinajstić information content (AvgIpc) is 2.58. The van der Waals surface area contributed by atoms with Gasteiger partial charge < -0.3 is 9.47 Å². The van der Waals surface area contributed by atoms with Gasteiger partial charge in [-0.3, -0.25) is 4.79 Å². The summed E-state index contributed by atoms with van der Waals surface area (Å²) in [6.45, 7) is 0. The van der Waals surface area contributed by atoms with E-state index in [2.05, 4.69) is 0 Å². The van der Waals surface area contributed by atoms with Gasteiger partial charge in [0.15, 0.2) is 15.6 Å². The van der Waals surface area contributed by atoms with Gasteiger partial charge in [0.1, 0.15) is 11.5 Å². The van der Waals surface area contributed by atoms with Crippen LogP contribution in [-0.4, -0.2) is 34.7 Å². The maximum Gasteiger partial charge on any atom is 0.185 e. The Hall–Kier alpha value is -2.60. The number of sulfone groups is 1. The molecular formula is C18H18O5S. The molecule has 0 N–H and O–H groups in total. The van der Waals surface area contributed by atoms with Gasteiger partial charge in [-0.05, 0) is 48.0 Å². The third kappa shape index (κ3) is 4.45. The monoisotopic (exact) mass is 346 g/mol. The number of rotatable bonds is 6. The van der Waals surface area contributed by atoms with E-state index >= 15 is 0 Å². The van der Waals surface area contributed by atoms with Crippen LogP contribution in [0.4, 0.5) is 0 Å². The average molecular weight is 346 g/mol. The maximum absolute atomic E-state index is 12.2. The Morgan fingerprint density at radius 1 is 0.958 bits per heavy atom. The number of benzene rings is 2. The third-order valence-electron chi connectivity index (χ3n) is 3.37. The van der Waals surface area contributed by atoms with Gasteiger partial charge in [-0.15, -0.1) is 0 Å². The van der Waals surface area contributed by atoms with Gasteiger partial charge >= 0.3 is 0 Å². The van der Waals surface area contributed by atoms with Crippen molar-refractivity contribution in [1.82, 2.24) is 0 Å². The molecule has 0 aliphatic rings. The molecule has 126 valence electrons. The van der Waals surface area contributed by atoms with Crippen molar-refractivity contribution >= 4 is 21.7 Å². The predicted octanol–water partition coefficient (Wildman–Crippen LogP) is 3.00. The second kappa shape index (κ2) is 7.31. The highest BCUT2D eigenvalue weighted by Crippen LogP contribution is 2.23. The predicted molar refractivity (Wildman–Crippen MR) is 92.5 cm³/mol. The summed E-state index contributed by atoms with van der Waals surface area (Å²) in [5.74, 6) is 1.02. The summed E-state index contributed by atoms with van der Waals surface area (Å²) in [4.78, 5) is 12.4. The van der Waals surface area contributed by atoms with Crippen LogP contribution < -0.4 is 9.47 Å². The summed E-state index contributed by atoms with van der Waals surface area (Å²) in [6.07, 6.45) is 4.20. The van der Waals surface area contributed by atoms with Crippen molar-refractivity contribution < 1.29 is 22.7 Å². The molecule has 2 rings (SSSR count). The minimum absolute atomic E-state index is 0.181. The number of carbonyl (C=O) groups is 1. The van der Waals surface area contributed by atoms with Gasteiger partial charge in [-0.25, -0.2) is 8.42 Å². The molecule has 2 aromatic rings. The first-order valence-electron chi connectivity index (χ1n) is 7.09. The Labute approximate surface area is 141 Å². The van der Waals surface area contributed by atoms with E-state index in [9.17, 15) is 13.2 Å². The van der Waals surface area contributed by atoms with Gasteiger partial charge in [0.25, 0.3) is 0 Å². The second-order valence-electron chi connectivity index (χ2n) is 5.14. The van der Waals surface area contributed by atoms with Crippen LogP contribution in [-0.2, 0) is 9.84 Å². The van der Waals surface area contributed by atoms with E-state index < -0.39 is 9.84 Å². The van der Waals surface area contributed by atoms with E-state index in [4.69, 9.17) is 9.47 Å². The number of carbonyl (C=O) groups excluding carboxylic acids is 1. The fourth-order valence-corrected chi connectivity index (χ4v) is 2.69. The highest BCUT2D eigenvalue weighted by atomic mass is 32.2. The van der Waals surface area contributed by atoms with Crippen molar-refractivity contribution in [3.8, 4) is 11.5 Å². The number of hydrogen-bond donors (Lipinski definition) is 0. The molecule has 0 unspecified atom stereocenters. The first-order chi connectivity index (χ1) is 11.3. The molecule has 0 saturated heterocycles. The van der Waals surface area contributed by atoms with E-state index in [-0.39, 0.29) is 10.7 Å². The van der Waals surface area contributed by atoms with Crippen LogP contribution in [0.5, 0.6) is 11.5 Å². The summed E-state index contributed by atoms with van der Waals surface area (Å²) >= 11 is 0. The summed E-state index contributed by atoms with van der Waals surface area (Å²) < 4.78 is 33.2. The highest BCUT2D eigenvalue weighted by molar-refractivity contribution is 7.90. The zero-order valence-corrected chi connectivity index (χ0v) is 14.5. The lowest BCUT2D eigenvalue weighted by Gasteiger charge is -2.05. The quantitative estimate of drug-likeness (QED) is 0.594. The van der Waals surface area contributed by atoms with Crippen molar-refractivity contribution in [3.63, 3.8) is 0 Å². The molecular weight excluding hydrogens is 328 g/mol. The fraction of sp³-hybridized carbons (Fsp3) is 0.167. The lowest BCUT2D eigenvalue weighted by atomic mass is 10.1. The van der Waals surface area contributed by atoms with Crippen molar-refractivity contribution in [2.24, 2.45) is 0 Å². The number of allylic oxidation sites excluding steroid dienone is 1. The van der Waals surface area contributed by atoms with Gasteiger partial charge in [0, 0.05) is 17.9 Å². The van der Waals surface area contributed by atoms with Crippen LogP contribution in [0.1, 0.15) is 15.9 Å². The molecule has 0 saturated carbocycles. The lowest BCUT2D eigenvalue weighted by Crippen LogP contribution is -1.99. The molecule has 6 heteroatoms. The van der Waals surface area contributed by atoms with Crippen molar-refractivity contribution in [1.29, 1.82) is 0 Å². The van der Waals surface area contributed by atoms with Crippen LogP contribution in [0, 0.1) is 0 Å². The molecule has 0 amide bonds. The van der Waals surface area contributed by atoms with E-state index in [0.717, 1.165) is 11.8 Å². The van der Waals surface area contributed by atoms with E-state index in [1.807, 2.05) is 0 Å². The van der Waals surface area contributed by atoms with E-state index in [1.165, 1.54) is 30.3 Å². The largest absolute Gasteiger partial charge is 0.497 e. The Bertz CT molecular complexity index is 843. The van der Waals surface area contributed by atoms with Crippen LogP contribution in [0.25, 0.3) is 6.08 Å². The first-order valence-corrected chi connectivity index (χ1v) is 8.98. The van der Waals surface area contributed by atoms with E-state index in [0.29, 0.717) is 17.1 Å². The molecule has 0 fully saturated rings. The molecule has 24 heavy (non-hydrogen) atoms. The van der Waals surface area contributed by atoms with Gasteiger partial charge in [-0.1, -0.05) is 6.08 Å². The Morgan fingerprint density at radius 2 is 1.50 bits per heavy atom. The Morgan fingerprint density at radius 3 is 1.96 bits per heavy atom. The summed E-state index contributed by atoms with van der Waals surface area (Å²) in [6, 6.07) is 11.1. The first kappa shape index (κ1) is 17.7. The SMILES string of the molecule is COc1cc(/C=C/C(=O)c2ccc(S(C)(=O)=O)cc2)cc(OC)c1. The van der Waals surface area contributed by atoms with Gasteiger partial charge in [-0.2, -0.15) is 0 Å². The molecule has 0 radical (unpaired) electrons. The van der Waals surface area contributed by atoms with Crippen LogP contribution in [0.3, 0.4) is 0 Å². The normalized spacial score (nSPS) is 11.5. The molecule has 0 atom stereocenters. The molecule has 0 aliphatic carbocycles. The summed E-state index contributed by atoms with van der Waals surface area (Å²) in [5, 5.41) is 0. The number of ether oxygens (including phenoxy) is 2. The molecule has 0 spiro atoms. The Kier molecular flexibility index (Phi) is 5.41.